The fourth-order valence-corrected chi connectivity index (χ4v) is 2.92. The Labute approximate surface area is 121 Å². The first kappa shape index (κ1) is 15.0. The van der Waals surface area contributed by atoms with Gasteiger partial charge < -0.3 is 9.84 Å². The average molecular weight is 276 g/mol. The van der Waals surface area contributed by atoms with Crippen molar-refractivity contribution >= 4 is 5.97 Å². The highest BCUT2D eigenvalue weighted by atomic mass is 16.5. The van der Waals surface area contributed by atoms with Crippen LogP contribution in [0.5, 0.6) is 0 Å². The number of benzene rings is 1. The van der Waals surface area contributed by atoms with Crippen LogP contribution in [0.4, 0.5) is 0 Å². The summed E-state index contributed by atoms with van der Waals surface area (Å²) in [4.78, 5) is 12.0. The summed E-state index contributed by atoms with van der Waals surface area (Å²) in [6.07, 6.45) is 4.13. The van der Waals surface area contributed by atoms with E-state index in [0.717, 1.165) is 37.7 Å². The first-order chi connectivity index (χ1) is 9.70. The van der Waals surface area contributed by atoms with Crippen LogP contribution in [0.1, 0.15) is 44.6 Å². The molecule has 1 aromatic rings. The second-order valence-corrected chi connectivity index (χ2v) is 5.68. The molecule has 1 aromatic carbocycles. The molecule has 3 heteroatoms. The number of hydrogen-bond donors (Lipinski definition) is 1. The maximum atomic E-state index is 12.0. The second-order valence-electron chi connectivity index (χ2n) is 5.68. The molecule has 3 nitrogen and oxygen atoms in total. The lowest BCUT2D eigenvalue weighted by atomic mass is 9.79. The minimum atomic E-state index is -0.212. The van der Waals surface area contributed by atoms with Crippen LogP contribution in [0, 0.1) is 11.8 Å². The smallest absolute Gasteiger partial charge is 0.309 e. The van der Waals surface area contributed by atoms with Gasteiger partial charge in [-0.15, -0.1) is 0 Å². The van der Waals surface area contributed by atoms with E-state index in [1.165, 1.54) is 0 Å². The molecule has 0 radical (unpaired) electrons. The molecule has 110 valence electrons. The summed E-state index contributed by atoms with van der Waals surface area (Å²) >= 11 is 0. The molecular weight excluding hydrogens is 252 g/mol. The first-order valence-electron chi connectivity index (χ1n) is 7.59. The van der Waals surface area contributed by atoms with Gasteiger partial charge in [-0.1, -0.05) is 37.3 Å². The molecule has 0 aromatic heterocycles. The third-order valence-corrected chi connectivity index (χ3v) is 4.29. The third kappa shape index (κ3) is 4.07. The molecule has 1 aliphatic rings. The molecule has 1 saturated carbocycles. The van der Waals surface area contributed by atoms with Gasteiger partial charge in [-0.25, -0.2) is 0 Å². The van der Waals surface area contributed by atoms with Gasteiger partial charge in [-0.3, -0.25) is 4.79 Å². The van der Waals surface area contributed by atoms with Crippen LogP contribution < -0.4 is 0 Å². The molecular formula is C17H24O3. The predicted molar refractivity (Wildman–Crippen MR) is 78.0 cm³/mol. The van der Waals surface area contributed by atoms with Gasteiger partial charge in [-0.2, -0.15) is 0 Å². The Bertz CT molecular complexity index is 408. The highest BCUT2D eigenvalue weighted by Crippen LogP contribution is 2.32. The summed E-state index contributed by atoms with van der Waals surface area (Å²) in [7, 11) is 0. The number of ether oxygens (including phenoxy) is 1. The number of rotatable bonds is 5. The van der Waals surface area contributed by atoms with E-state index in [4.69, 9.17) is 4.74 Å². The molecule has 0 bridgehead atoms. The maximum absolute atomic E-state index is 12.0. The summed E-state index contributed by atoms with van der Waals surface area (Å²) in [6, 6.07) is 9.76. The Hall–Kier alpha value is -1.35. The SMILES string of the molecule is CCC(O)[C@H]1CC[C@H](C(=O)OCc2ccccc2)CC1. The third-order valence-electron chi connectivity index (χ3n) is 4.29. The molecule has 1 N–H and O–H groups in total. The van der Waals surface area contributed by atoms with Crippen LogP contribution in [0.3, 0.4) is 0 Å². The average Bonchev–Trinajstić information content (AvgIpc) is 2.53. The van der Waals surface area contributed by atoms with Gasteiger partial charge in [0.25, 0.3) is 0 Å². The van der Waals surface area contributed by atoms with Crippen molar-refractivity contribution in [2.75, 3.05) is 0 Å². The van der Waals surface area contributed by atoms with Gasteiger partial charge in [0.2, 0.25) is 0 Å². The van der Waals surface area contributed by atoms with Gasteiger partial charge in [-0.05, 0) is 43.6 Å². The van der Waals surface area contributed by atoms with Crippen molar-refractivity contribution in [3.05, 3.63) is 35.9 Å². The zero-order chi connectivity index (χ0) is 14.4. The Kier molecular flexibility index (Phi) is 5.60. The molecule has 1 aliphatic carbocycles. The molecule has 2 rings (SSSR count). The summed E-state index contributed by atoms with van der Waals surface area (Å²) < 4.78 is 5.39. The molecule has 1 atom stereocenters. The van der Waals surface area contributed by atoms with Crippen molar-refractivity contribution in [1.82, 2.24) is 0 Å². The number of esters is 1. The Morgan fingerprint density at radius 2 is 1.90 bits per heavy atom. The number of carbonyl (C=O) groups is 1. The summed E-state index contributed by atoms with van der Waals surface area (Å²) in [5, 5.41) is 9.84. The lowest BCUT2D eigenvalue weighted by molar-refractivity contribution is -0.151. The number of aliphatic hydroxyl groups excluding tert-OH is 1. The van der Waals surface area contributed by atoms with Crippen LogP contribution in [0.2, 0.25) is 0 Å². The van der Waals surface area contributed by atoms with Crippen LogP contribution >= 0.6 is 0 Å². The lowest BCUT2D eigenvalue weighted by Crippen LogP contribution is -2.29. The molecule has 0 amide bonds. The van der Waals surface area contributed by atoms with Gasteiger partial charge in [0.15, 0.2) is 0 Å². The zero-order valence-corrected chi connectivity index (χ0v) is 12.1. The van der Waals surface area contributed by atoms with Crippen LogP contribution in [-0.2, 0) is 16.1 Å². The second kappa shape index (κ2) is 7.44. The van der Waals surface area contributed by atoms with E-state index < -0.39 is 0 Å². The Morgan fingerprint density at radius 1 is 1.25 bits per heavy atom. The normalized spacial score (nSPS) is 24.1. The number of aliphatic hydroxyl groups is 1. The van der Waals surface area contributed by atoms with Crippen LogP contribution in [-0.4, -0.2) is 17.2 Å². The quantitative estimate of drug-likeness (QED) is 0.839. The summed E-state index contributed by atoms with van der Waals surface area (Å²) in [6.45, 7) is 2.36. The maximum Gasteiger partial charge on any atom is 0.309 e. The van der Waals surface area contributed by atoms with Crippen molar-refractivity contribution in [2.45, 2.75) is 51.7 Å². The fourth-order valence-electron chi connectivity index (χ4n) is 2.92. The predicted octanol–water partition coefficient (Wildman–Crippen LogP) is 3.31. The minimum Gasteiger partial charge on any atom is -0.461 e. The van der Waals surface area contributed by atoms with Crippen molar-refractivity contribution < 1.29 is 14.6 Å². The van der Waals surface area contributed by atoms with Gasteiger partial charge in [0, 0.05) is 0 Å². The number of hydrogen-bond acceptors (Lipinski definition) is 3. The van der Waals surface area contributed by atoms with Gasteiger partial charge >= 0.3 is 5.97 Å². The van der Waals surface area contributed by atoms with Crippen LogP contribution in [0.25, 0.3) is 0 Å². The zero-order valence-electron chi connectivity index (χ0n) is 12.1. The Balaban J connectivity index is 1.75. The molecule has 0 spiro atoms. The molecule has 0 saturated heterocycles. The topological polar surface area (TPSA) is 46.5 Å². The molecule has 0 heterocycles. The first-order valence-corrected chi connectivity index (χ1v) is 7.59. The lowest BCUT2D eigenvalue weighted by Gasteiger charge is -2.30. The van der Waals surface area contributed by atoms with Crippen molar-refractivity contribution in [3.8, 4) is 0 Å². The Morgan fingerprint density at radius 3 is 2.50 bits per heavy atom. The highest BCUT2D eigenvalue weighted by molar-refractivity contribution is 5.72. The van der Waals surface area contributed by atoms with Gasteiger partial charge in [0.05, 0.1) is 12.0 Å². The van der Waals surface area contributed by atoms with E-state index in [1.54, 1.807) is 0 Å². The van der Waals surface area contributed by atoms with E-state index in [1.807, 2.05) is 37.3 Å². The fraction of sp³-hybridized carbons (Fsp3) is 0.588. The minimum absolute atomic E-state index is 0.0130. The molecule has 20 heavy (non-hydrogen) atoms. The standard InChI is InChI=1S/C17H24O3/c1-2-16(18)14-8-10-15(11-9-14)17(19)20-12-13-6-4-3-5-7-13/h3-7,14-16,18H,2,8-12H2,1H3/t14-,15-,16?. The molecule has 1 unspecified atom stereocenters. The summed E-state index contributed by atoms with van der Waals surface area (Å²) in [5.74, 6) is 0.287. The van der Waals surface area contributed by atoms with E-state index in [2.05, 4.69) is 0 Å². The van der Waals surface area contributed by atoms with Crippen molar-refractivity contribution in [2.24, 2.45) is 11.8 Å². The van der Waals surface area contributed by atoms with Gasteiger partial charge in [0.1, 0.15) is 6.61 Å². The molecule has 0 aliphatic heterocycles. The monoisotopic (exact) mass is 276 g/mol. The largest absolute Gasteiger partial charge is 0.461 e. The van der Waals surface area contributed by atoms with E-state index in [0.29, 0.717) is 12.5 Å². The van der Waals surface area contributed by atoms with E-state index >= 15 is 0 Å². The van der Waals surface area contributed by atoms with Crippen LogP contribution in [0.15, 0.2) is 30.3 Å². The van der Waals surface area contributed by atoms with E-state index in [9.17, 15) is 9.90 Å². The van der Waals surface area contributed by atoms with Crippen molar-refractivity contribution in [1.29, 1.82) is 0 Å². The van der Waals surface area contributed by atoms with Crippen molar-refractivity contribution in [3.63, 3.8) is 0 Å². The summed E-state index contributed by atoms with van der Waals surface area (Å²) in [5.41, 5.74) is 1.02. The number of carbonyl (C=O) groups excluding carboxylic acids is 1. The highest BCUT2D eigenvalue weighted by Gasteiger charge is 2.30. The van der Waals surface area contributed by atoms with E-state index in [-0.39, 0.29) is 18.0 Å². The molecule has 1 fully saturated rings.